The van der Waals surface area contributed by atoms with Crippen molar-refractivity contribution < 1.29 is 4.74 Å². The molecule has 1 aliphatic rings. The molecule has 31 heavy (non-hydrogen) atoms. The summed E-state index contributed by atoms with van der Waals surface area (Å²) in [6, 6.07) is 15.6. The molecule has 3 aromatic rings. The van der Waals surface area contributed by atoms with Crippen LogP contribution >= 0.6 is 11.6 Å². The molecule has 8 heteroatoms. The van der Waals surface area contributed by atoms with Crippen LogP contribution in [0, 0.1) is 0 Å². The molecule has 0 amide bonds. The molecular formula is C23H25ClN6O. The molecule has 1 fully saturated rings. The van der Waals surface area contributed by atoms with Crippen molar-refractivity contribution in [3.63, 3.8) is 0 Å². The normalized spacial score (nSPS) is 14.0. The number of nitrogens with zero attached hydrogens (tertiary/aromatic N) is 5. The summed E-state index contributed by atoms with van der Waals surface area (Å²) in [6.45, 7) is 2.41. The summed E-state index contributed by atoms with van der Waals surface area (Å²) in [5, 5.41) is 4.97. The lowest BCUT2D eigenvalue weighted by molar-refractivity contribution is 0.295. The van der Waals surface area contributed by atoms with E-state index in [1.807, 2.05) is 48.5 Å². The predicted molar refractivity (Wildman–Crippen MR) is 124 cm³/mol. The van der Waals surface area contributed by atoms with Gasteiger partial charge in [0.1, 0.15) is 5.82 Å². The molecular weight excluding hydrogens is 412 g/mol. The number of hydrogen-bond acceptors (Lipinski definition) is 7. The lowest BCUT2D eigenvalue weighted by atomic mass is 10.1. The highest BCUT2D eigenvalue weighted by Gasteiger charge is 2.15. The van der Waals surface area contributed by atoms with E-state index >= 15 is 0 Å². The van der Waals surface area contributed by atoms with E-state index < -0.39 is 0 Å². The van der Waals surface area contributed by atoms with Crippen LogP contribution in [0.5, 0.6) is 6.01 Å². The number of aromatic nitrogens is 3. The van der Waals surface area contributed by atoms with Gasteiger partial charge in [-0.1, -0.05) is 29.8 Å². The first-order valence-electron chi connectivity index (χ1n) is 10.5. The van der Waals surface area contributed by atoms with Crippen LogP contribution in [0.1, 0.15) is 30.5 Å². The van der Waals surface area contributed by atoms with Crippen LogP contribution in [0.2, 0.25) is 5.02 Å². The molecule has 1 N–H and O–H groups in total. The Morgan fingerprint density at radius 1 is 1.06 bits per heavy atom. The van der Waals surface area contributed by atoms with Crippen molar-refractivity contribution in [2.45, 2.75) is 25.7 Å². The van der Waals surface area contributed by atoms with Crippen LogP contribution in [0.3, 0.4) is 0 Å². The molecule has 0 atom stereocenters. The van der Waals surface area contributed by atoms with Gasteiger partial charge in [0.05, 0.1) is 12.8 Å². The number of ether oxygens (including phenoxy) is 1. The van der Waals surface area contributed by atoms with Crippen molar-refractivity contribution in [2.75, 3.05) is 30.0 Å². The largest absolute Gasteiger partial charge is 0.463 e. The fourth-order valence-electron chi connectivity index (χ4n) is 3.37. The Morgan fingerprint density at radius 2 is 1.97 bits per heavy atom. The Hall–Kier alpha value is -3.19. The molecule has 0 spiro atoms. The minimum atomic E-state index is 0.333. The third kappa shape index (κ3) is 6.39. The van der Waals surface area contributed by atoms with E-state index in [9.17, 15) is 0 Å². The molecule has 4 rings (SSSR count). The number of pyridine rings is 1. The van der Waals surface area contributed by atoms with Crippen LogP contribution in [0.25, 0.3) is 0 Å². The highest BCUT2D eigenvalue weighted by molar-refractivity contribution is 6.30. The van der Waals surface area contributed by atoms with Crippen LogP contribution in [-0.2, 0) is 6.42 Å². The van der Waals surface area contributed by atoms with Gasteiger partial charge in [-0.2, -0.15) is 15.1 Å². The van der Waals surface area contributed by atoms with Gasteiger partial charge in [0.2, 0.25) is 0 Å². The molecule has 2 aromatic heterocycles. The van der Waals surface area contributed by atoms with E-state index in [0.29, 0.717) is 29.9 Å². The van der Waals surface area contributed by atoms with Gasteiger partial charge in [0, 0.05) is 42.5 Å². The summed E-state index contributed by atoms with van der Waals surface area (Å²) in [5.74, 6) is 1.43. The Morgan fingerprint density at radius 3 is 2.77 bits per heavy atom. The summed E-state index contributed by atoms with van der Waals surface area (Å²) in [5.41, 5.74) is 4.87. The van der Waals surface area contributed by atoms with Crippen molar-refractivity contribution >= 4 is 29.5 Å². The van der Waals surface area contributed by atoms with Gasteiger partial charge in [-0.25, -0.2) is 0 Å². The minimum absolute atomic E-state index is 0.333. The van der Waals surface area contributed by atoms with E-state index in [-0.39, 0.29) is 0 Å². The maximum atomic E-state index is 6.03. The average molecular weight is 437 g/mol. The molecule has 7 nitrogen and oxygen atoms in total. The van der Waals surface area contributed by atoms with Crippen molar-refractivity contribution in [1.29, 1.82) is 0 Å². The van der Waals surface area contributed by atoms with Crippen LogP contribution < -0.4 is 15.1 Å². The molecule has 3 heterocycles. The number of hydrazone groups is 1. The standard InChI is InChI=1S/C23H25ClN6O/c24-19-8-6-7-18(15-19)17-26-29-21-16-22(30-12-4-1-5-13-30)28-23(27-21)31-14-10-20-9-2-3-11-25-20/h2-3,6-9,11,15-17H,1,4-5,10,12-14H2,(H,27,28,29)/b26-17+. The first-order valence-corrected chi connectivity index (χ1v) is 10.9. The lowest BCUT2D eigenvalue weighted by Gasteiger charge is -2.28. The molecule has 0 radical (unpaired) electrons. The van der Waals surface area contributed by atoms with Gasteiger partial charge in [-0.3, -0.25) is 10.4 Å². The summed E-state index contributed by atoms with van der Waals surface area (Å²) >= 11 is 6.03. The van der Waals surface area contributed by atoms with Crippen LogP contribution in [0.4, 0.5) is 11.6 Å². The molecule has 0 unspecified atom stereocenters. The molecule has 0 bridgehead atoms. The molecule has 0 aliphatic carbocycles. The van der Waals surface area contributed by atoms with E-state index in [0.717, 1.165) is 43.0 Å². The summed E-state index contributed by atoms with van der Waals surface area (Å²) in [4.78, 5) is 15.7. The second-order valence-corrected chi connectivity index (χ2v) is 7.72. The van der Waals surface area contributed by atoms with E-state index in [1.165, 1.54) is 6.42 Å². The second kappa shape index (κ2) is 10.7. The zero-order valence-electron chi connectivity index (χ0n) is 17.2. The lowest BCUT2D eigenvalue weighted by Crippen LogP contribution is -2.30. The highest BCUT2D eigenvalue weighted by Crippen LogP contribution is 2.23. The van der Waals surface area contributed by atoms with Gasteiger partial charge in [0.25, 0.3) is 0 Å². The van der Waals surface area contributed by atoms with Gasteiger partial charge >= 0.3 is 6.01 Å². The van der Waals surface area contributed by atoms with Crippen molar-refractivity contribution in [3.05, 3.63) is 71.0 Å². The third-order valence-corrected chi connectivity index (χ3v) is 5.16. The second-order valence-electron chi connectivity index (χ2n) is 7.29. The topological polar surface area (TPSA) is 75.5 Å². The Balaban J connectivity index is 1.46. The van der Waals surface area contributed by atoms with E-state index in [4.69, 9.17) is 16.3 Å². The molecule has 1 aliphatic heterocycles. The SMILES string of the molecule is Clc1cccc(/C=N/Nc2cc(N3CCCCC3)nc(OCCc3ccccn3)n2)c1. The predicted octanol–water partition coefficient (Wildman–Crippen LogP) is 4.58. The molecule has 0 saturated carbocycles. The summed E-state index contributed by atoms with van der Waals surface area (Å²) < 4.78 is 5.86. The van der Waals surface area contributed by atoms with Crippen molar-refractivity contribution in [3.8, 4) is 6.01 Å². The number of rotatable bonds is 8. The average Bonchev–Trinajstić information content (AvgIpc) is 2.80. The number of benzene rings is 1. The Labute approximate surface area is 187 Å². The summed E-state index contributed by atoms with van der Waals surface area (Å²) in [7, 11) is 0. The number of anilines is 2. The van der Waals surface area contributed by atoms with Crippen molar-refractivity contribution in [1.82, 2.24) is 15.0 Å². The monoisotopic (exact) mass is 436 g/mol. The number of piperidine rings is 1. The highest BCUT2D eigenvalue weighted by atomic mass is 35.5. The molecule has 160 valence electrons. The van der Waals surface area contributed by atoms with Gasteiger partial charge in [-0.05, 0) is 49.1 Å². The van der Waals surface area contributed by atoms with Crippen LogP contribution in [0.15, 0.2) is 59.8 Å². The first-order chi connectivity index (χ1) is 15.3. The quantitative estimate of drug-likeness (QED) is 0.411. The Kier molecular flexibility index (Phi) is 7.28. The number of hydrogen-bond donors (Lipinski definition) is 1. The fourth-order valence-corrected chi connectivity index (χ4v) is 3.57. The molecule has 1 aromatic carbocycles. The number of nitrogens with one attached hydrogen (secondary N) is 1. The van der Waals surface area contributed by atoms with E-state index in [2.05, 4.69) is 30.4 Å². The van der Waals surface area contributed by atoms with Gasteiger partial charge < -0.3 is 9.64 Å². The first kappa shape index (κ1) is 21.1. The maximum Gasteiger partial charge on any atom is 0.320 e. The maximum absolute atomic E-state index is 6.03. The summed E-state index contributed by atoms with van der Waals surface area (Å²) in [6.07, 6.45) is 7.75. The fraction of sp³-hybridized carbons (Fsp3) is 0.304. The zero-order chi connectivity index (χ0) is 21.3. The van der Waals surface area contributed by atoms with Gasteiger partial charge in [0.15, 0.2) is 5.82 Å². The number of halogens is 1. The van der Waals surface area contributed by atoms with E-state index in [1.54, 1.807) is 12.4 Å². The van der Waals surface area contributed by atoms with Crippen LogP contribution in [-0.4, -0.2) is 40.9 Å². The minimum Gasteiger partial charge on any atom is -0.463 e. The third-order valence-electron chi connectivity index (χ3n) is 4.93. The van der Waals surface area contributed by atoms with Gasteiger partial charge in [-0.15, -0.1) is 0 Å². The zero-order valence-corrected chi connectivity index (χ0v) is 18.0. The van der Waals surface area contributed by atoms with Crippen molar-refractivity contribution in [2.24, 2.45) is 5.10 Å². The Bertz CT molecular complexity index is 1010. The molecule has 1 saturated heterocycles. The smallest absolute Gasteiger partial charge is 0.320 e.